The number of rotatable bonds is 1. The summed E-state index contributed by atoms with van der Waals surface area (Å²) in [5.74, 6) is 0.961. The quantitative estimate of drug-likeness (QED) is 0.586. The Morgan fingerprint density at radius 3 is 2.57 bits per heavy atom. The molecular weight excluding hydrogens is 168 g/mol. The van der Waals surface area contributed by atoms with E-state index in [0.29, 0.717) is 0 Å². The molecule has 0 fully saturated rings. The van der Waals surface area contributed by atoms with Crippen molar-refractivity contribution in [3.8, 4) is 0 Å². The highest BCUT2D eigenvalue weighted by Gasteiger charge is 2.14. The molecule has 0 radical (unpaired) electrons. The van der Waals surface area contributed by atoms with Gasteiger partial charge in [-0.3, -0.25) is 0 Å². The van der Waals surface area contributed by atoms with E-state index in [1.807, 2.05) is 0 Å². The van der Waals surface area contributed by atoms with Crippen molar-refractivity contribution in [3.05, 3.63) is 34.9 Å². The molecule has 0 nitrogen and oxygen atoms in total. The van der Waals surface area contributed by atoms with E-state index in [0.717, 1.165) is 5.92 Å². The molecule has 14 heavy (non-hydrogen) atoms. The Hall–Kier alpha value is -0.780. The third-order valence-corrected chi connectivity index (χ3v) is 3.58. The third kappa shape index (κ3) is 2.00. The number of benzene rings is 1. The molecule has 0 aromatic heterocycles. The second kappa shape index (κ2) is 4.16. The Balaban J connectivity index is 2.21. The zero-order valence-electron chi connectivity index (χ0n) is 9.34. The lowest BCUT2D eigenvalue weighted by atomic mass is 9.97. The number of hydrogen-bond donors (Lipinski definition) is 0. The molecule has 1 aliphatic rings. The molecule has 0 N–H and O–H groups in total. The Labute approximate surface area is 87.3 Å². The molecule has 0 heterocycles. The van der Waals surface area contributed by atoms with Crippen LogP contribution < -0.4 is 0 Å². The summed E-state index contributed by atoms with van der Waals surface area (Å²) in [6, 6.07) is 6.97. The van der Waals surface area contributed by atoms with E-state index in [-0.39, 0.29) is 0 Å². The molecule has 0 saturated carbocycles. The van der Waals surface area contributed by atoms with Gasteiger partial charge in [-0.2, -0.15) is 0 Å². The molecule has 2 rings (SSSR count). The summed E-state index contributed by atoms with van der Waals surface area (Å²) in [4.78, 5) is 0. The van der Waals surface area contributed by atoms with Crippen LogP contribution in [-0.2, 0) is 12.8 Å². The zero-order chi connectivity index (χ0) is 9.97. The van der Waals surface area contributed by atoms with Gasteiger partial charge < -0.3 is 0 Å². The van der Waals surface area contributed by atoms with Gasteiger partial charge in [0.2, 0.25) is 0 Å². The maximum Gasteiger partial charge on any atom is -0.0273 e. The number of hydrogen-bond acceptors (Lipinski definition) is 0. The van der Waals surface area contributed by atoms with Crippen LogP contribution in [0.25, 0.3) is 0 Å². The predicted molar refractivity (Wildman–Crippen MR) is 61.6 cm³/mol. The molecule has 0 spiro atoms. The van der Waals surface area contributed by atoms with Crippen molar-refractivity contribution in [2.24, 2.45) is 5.92 Å². The SMILES string of the molecule is CCC1CCc2ccc(C)cc2CC1. The van der Waals surface area contributed by atoms with Crippen LogP contribution in [0.2, 0.25) is 0 Å². The summed E-state index contributed by atoms with van der Waals surface area (Å²) in [7, 11) is 0. The average Bonchev–Trinajstić information content (AvgIpc) is 2.39. The first kappa shape index (κ1) is 9.76. The molecule has 0 amide bonds. The van der Waals surface area contributed by atoms with Crippen LogP contribution in [-0.4, -0.2) is 0 Å². The van der Waals surface area contributed by atoms with Crippen molar-refractivity contribution in [2.75, 3.05) is 0 Å². The summed E-state index contributed by atoms with van der Waals surface area (Å²) in [5, 5.41) is 0. The fraction of sp³-hybridized carbons (Fsp3) is 0.571. The van der Waals surface area contributed by atoms with Gasteiger partial charge in [-0.1, -0.05) is 37.1 Å². The molecule has 1 unspecified atom stereocenters. The van der Waals surface area contributed by atoms with Crippen LogP contribution >= 0.6 is 0 Å². The number of aryl methyl sites for hydroxylation is 3. The van der Waals surface area contributed by atoms with Crippen molar-refractivity contribution in [1.82, 2.24) is 0 Å². The van der Waals surface area contributed by atoms with E-state index >= 15 is 0 Å². The minimum Gasteiger partial charge on any atom is -0.0651 e. The molecule has 1 aromatic carbocycles. The highest BCUT2D eigenvalue weighted by molar-refractivity contribution is 5.32. The maximum absolute atomic E-state index is 2.38. The summed E-state index contributed by atoms with van der Waals surface area (Å²) >= 11 is 0. The number of fused-ring (bicyclic) bond motifs is 1. The van der Waals surface area contributed by atoms with Gasteiger partial charge in [0.05, 0.1) is 0 Å². The fourth-order valence-electron chi connectivity index (χ4n) is 2.50. The van der Waals surface area contributed by atoms with Crippen molar-refractivity contribution in [1.29, 1.82) is 0 Å². The average molecular weight is 188 g/mol. The minimum absolute atomic E-state index is 0.961. The minimum atomic E-state index is 0.961. The van der Waals surface area contributed by atoms with Crippen LogP contribution in [0.4, 0.5) is 0 Å². The van der Waals surface area contributed by atoms with Crippen molar-refractivity contribution in [2.45, 2.75) is 46.0 Å². The summed E-state index contributed by atoms with van der Waals surface area (Å²) in [5.41, 5.74) is 4.63. The second-order valence-corrected chi connectivity index (χ2v) is 4.62. The van der Waals surface area contributed by atoms with Crippen molar-refractivity contribution in [3.63, 3.8) is 0 Å². The smallest absolute Gasteiger partial charge is 0.0273 e. The lowest BCUT2D eigenvalue weighted by Gasteiger charge is -2.08. The van der Waals surface area contributed by atoms with E-state index in [1.54, 1.807) is 11.1 Å². The Morgan fingerprint density at radius 1 is 1.14 bits per heavy atom. The monoisotopic (exact) mass is 188 g/mol. The summed E-state index contributed by atoms with van der Waals surface area (Å²) < 4.78 is 0. The first-order valence-corrected chi connectivity index (χ1v) is 5.88. The standard InChI is InChI=1S/C14H20/c1-3-12-5-8-13-7-4-11(2)10-14(13)9-6-12/h4,7,10,12H,3,5-6,8-9H2,1-2H3. The van der Waals surface area contributed by atoms with Crippen LogP contribution in [0.5, 0.6) is 0 Å². The van der Waals surface area contributed by atoms with Crippen molar-refractivity contribution < 1.29 is 0 Å². The van der Waals surface area contributed by atoms with Gasteiger partial charge in [0.25, 0.3) is 0 Å². The lowest BCUT2D eigenvalue weighted by molar-refractivity contribution is 0.450. The first-order valence-electron chi connectivity index (χ1n) is 5.88. The van der Waals surface area contributed by atoms with Gasteiger partial charge in [-0.05, 0) is 49.7 Å². The Bertz CT molecular complexity index is 312. The zero-order valence-corrected chi connectivity index (χ0v) is 9.34. The van der Waals surface area contributed by atoms with E-state index in [9.17, 15) is 0 Å². The largest absolute Gasteiger partial charge is 0.0651 e. The predicted octanol–water partition coefficient (Wildman–Crippen LogP) is 3.90. The Morgan fingerprint density at radius 2 is 1.86 bits per heavy atom. The van der Waals surface area contributed by atoms with Gasteiger partial charge in [-0.15, -0.1) is 0 Å². The molecule has 0 heteroatoms. The molecule has 1 atom stereocenters. The molecule has 0 saturated heterocycles. The molecule has 1 aromatic rings. The molecule has 0 bridgehead atoms. The topological polar surface area (TPSA) is 0 Å². The van der Waals surface area contributed by atoms with Gasteiger partial charge in [0.1, 0.15) is 0 Å². The highest BCUT2D eigenvalue weighted by Crippen LogP contribution is 2.26. The van der Waals surface area contributed by atoms with E-state index < -0.39 is 0 Å². The second-order valence-electron chi connectivity index (χ2n) is 4.62. The van der Waals surface area contributed by atoms with Crippen LogP contribution in [0.15, 0.2) is 18.2 Å². The molecule has 1 aliphatic carbocycles. The van der Waals surface area contributed by atoms with Crippen LogP contribution in [0.3, 0.4) is 0 Å². The maximum atomic E-state index is 2.38. The van der Waals surface area contributed by atoms with Gasteiger partial charge in [0.15, 0.2) is 0 Å². The fourth-order valence-corrected chi connectivity index (χ4v) is 2.50. The summed E-state index contributed by atoms with van der Waals surface area (Å²) in [6.45, 7) is 4.52. The normalized spacial score (nSPS) is 21.4. The lowest BCUT2D eigenvalue weighted by Crippen LogP contribution is -1.97. The molecule has 0 aliphatic heterocycles. The Kier molecular flexibility index (Phi) is 2.90. The summed E-state index contributed by atoms with van der Waals surface area (Å²) in [6.07, 6.45) is 6.75. The van der Waals surface area contributed by atoms with Gasteiger partial charge in [0, 0.05) is 0 Å². The van der Waals surface area contributed by atoms with E-state index in [2.05, 4.69) is 32.0 Å². The molecule has 76 valence electrons. The van der Waals surface area contributed by atoms with Crippen LogP contribution in [0.1, 0.15) is 42.9 Å². The van der Waals surface area contributed by atoms with E-state index in [4.69, 9.17) is 0 Å². The van der Waals surface area contributed by atoms with Crippen molar-refractivity contribution >= 4 is 0 Å². The van der Waals surface area contributed by atoms with E-state index in [1.165, 1.54) is 37.7 Å². The third-order valence-electron chi connectivity index (χ3n) is 3.58. The van der Waals surface area contributed by atoms with Gasteiger partial charge >= 0.3 is 0 Å². The molecular formula is C14H20. The van der Waals surface area contributed by atoms with Crippen LogP contribution in [0, 0.1) is 12.8 Å². The first-order chi connectivity index (χ1) is 6.79. The highest BCUT2D eigenvalue weighted by atomic mass is 14.2. The van der Waals surface area contributed by atoms with Gasteiger partial charge in [-0.25, -0.2) is 0 Å².